The van der Waals surface area contributed by atoms with Crippen molar-refractivity contribution in [1.82, 2.24) is 19.9 Å². The topological polar surface area (TPSA) is 140 Å². The number of ether oxygens (including phenoxy) is 3. The quantitative estimate of drug-likeness (QED) is 0.0329. The zero-order valence-corrected chi connectivity index (χ0v) is 48.4. The summed E-state index contributed by atoms with van der Waals surface area (Å²) in [6.45, 7) is 10.5. The van der Waals surface area contributed by atoms with Crippen molar-refractivity contribution >= 4 is 58.0 Å². The van der Waals surface area contributed by atoms with Gasteiger partial charge in [0.25, 0.3) is 0 Å². The number of aromatic nitrogens is 4. The highest BCUT2D eigenvalue weighted by Gasteiger charge is 2.20. The maximum absolute atomic E-state index is 12.7. The number of fused-ring (bicyclic) bond motifs is 8. The number of hydrogen-bond donors (Lipinski definition) is 4. The minimum Gasteiger partial charge on any atom is -0.494 e. The van der Waals surface area contributed by atoms with Crippen molar-refractivity contribution in [3.8, 4) is 61.8 Å². The summed E-state index contributed by atoms with van der Waals surface area (Å²) in [5, 5.41) is 2.95. The lowest BCUT2D eigenvalue weighted by Crippen LogP contribution is -2.32. The Morgan fingerprint density at radius 3 is 0.963 bits per heavy atom. The van der Waals surface area contributed by atoms with E-state index in [2.05, 4.69) is 157 Å². The van der Waals surface area contributed by atoms with Crippen LogP contribution in [0, 0.1) is 0 Å². The molecule has 0 saturated heterocycles. The smallest absolute Gasteiger partial charge is 0.240 e. The second-order valence-corrected chi connectivity index (χ2v) is 21.8. The molecule has 1 atom stereocenters. The van der Waals surface area contributed by atoms with Crippen LogP contribution in [0.5, 0.6) is 17.2 Å². The number of rotatable bonds is 30. The Morgan fingerprint density at radius 2 is 0.679 bits per heavy atom. The third kappa shape index (κ3) is 15.6. The molecule has 0 saturated carbocycles. The highest BCUT2D eigenvalue weighted by atomic mass is 16.5. The van der Waals surface area contributed by atoms with Gasteiger partial charge in [-0.25, -0.2) is 9.97 Å². The van der Waals surface area contributed by atoms with Crippen molar-refractivity contribution in [2.24, 2.45) is 5.73 Å². The summed E-state index contributed by atoms with van der Waals surface area (Å²) in [6.07, 6.45) is 30.3. The Hall–Kier alpha value is -7.69. The fourth-order valence-corrected chi connectivity index (χ4v) is 10.8. The van der Waals surface area contributed by atoms with E-state index in [1.807, 2.05) is 24.3 Å². The van der Waals surface area contributed by atoms with Gasteiger partial charge in [-0.3, -0.25) is 4.79 Å². The van der Waals surface area contributed by atoms with Crippen LogP contribution in [0.3, 0.4) is 0 Å². The normalized spacial score (nSPS) is 12.2. The summed E-state index contributed by atoms with van der Waals surface area (Å²) in [5.74, 6) is 2.30. The Labute approximate surface area is 480 Å². The van der Waals surface area contributed by atoms with Gasteiger partial charge in [0.2, 0.25) is 5.91 Å². The van der Waals surface area contributed by atoms with Crippen LogP contribution < -0.4 is 25.3 Å². The van der Waals surface area contributed by atoms with Gasteiger partial charge in [-0.05, 0) is 146 Å². The number of amides is 1. The maximum Gasteiger partial charge on any atom is 0.240 e. The molecule has 1 amide bonds. The van der Waals surface area contributed by atoms with Crippen LogP contribution in [-0.4, -0.2) is 51.7 Å². The van der Waals surface area contributed by atoms with E-state index >= 15 is 0 Å². The number of unbranched alkanes of at least 4 members (excludes halogenated alkanes) is 15. The van der Waals surface area contributed by atoms with Crippen molar-refractivity contribution in [3.63, 3.8) is 0 Å². The van der Waals surface area contributed by atoms with E-state index in [0.717, 1.165) is 126 Å². The van der Waals surface area contributed by atoms with Gasteiger partial charge in [-0.2, -0.15) is 0 Å². The Bertz CT molecular complexity index is 3310. The molecule has 5 N–H and O–H groups in total. The van der Waals surface area contributed by atoms with Crippen LogP contribution in [0.25, 0.3) is 90.9 Å². The lowest BCUT2D eigenvalue weighted by molar-refractivity contribution is -0.117. The fourth-order valence-electron chi connectivity index (χ4n) is 10.8. The van der Waals surface area contributed by atoms with E-state index in [-0.39, 0.29) is 5.91 Å². The number of benzene rings is 4. The number of nitrogens with two attached hydrogens (primary N) is 1. The first kappa shape index (κ1) is 58.0. The molecule has 3 aromatic heterocycles. The number of hydrogen-bond acceptors (Lipinski definition) is 7. The van der Waals surface area contributed by atoms with Crippen molar-refractivity contribution in [1.29, 1.82) is 0 Å². The van der Waals surface area contributed by atoms with Crippen LogP contribution in [0.2, 0.25) is 0 Å². The van der Waals surface area contributed by atoms with Gasteiger partial charge in [0.1, 0.15) is 17.2 Å². The molecule has 9 rings (SSSR count). The summed E-state index contributed by atoms with van der Waals surface area (Å²) in [5.41, 5.74) is 21.2. The van der Waals surface area contributed by atoms with Crippen molar-refractivity contribution in [3.05, 3.63) is 144 Å². The van der Waals surface area contributed by atoms with Gasteiger partial charge in [0.05, 0.1) is 48.6 Å². The molecule has 10 nitrogen and oxygen atoms in total. The summed E-state index contributed by atoms with van der Waals surface area (Å²) >= 11 is 0. The molecule has 2 aliphatic heterocycles. The number of nitrogens with one attached hydrogen (secondary N) is 3. The molecule has 0 spiro atoms. The molecule has 7 aromatic rings. The van der Waals surface area contributed by atoms with Crippen molar-refractivity contribution < 1.29 is 19.0 Å². The van der Waals surface area contributed by atoms with Crippen LogP contribution in [0.4, 0.5) is 5.69 Å². The van der Waals surface area contributed by atoms with Gasteiger partial charge in [-0.1, -0.05) is 166 Å². The lowest BCUT2D eigenvalue weighted by Gasteiger charge is -2.10. The molecule has 10 heteroatoms. The van der Waals surface area contributed by atoms with E-state index < -0.39 is 6.04 Å². The van der Waals surface area contributed by atoms with E-state index in [1.165, 1.54) is 96.3 Å². The zero-order chi connectivity index (χ0) is 56.2. The van der Waals surface area contributed by atoms with Crippen LogP contribution in [0.15, 0.2) is 121 Å². The van der Waals surface area contributed by atoms with Crippen LogP contribution in [-0.2, 0) is 4.79 Å². The number of aromatic amines is 2. The Kier molecular flexibility index (Phi) is 21.2. The number of anilines is 1. The van der Waals surface area contributed by atoms with Crippen molar-refractivity contribution in [2.75, 3.05) is 25.1 Å². The number of carbonyl (C=O) groups is 1. The van der Waals surface area contributed by atoms with E-state index in [1.54, 1.807) is 6.92 Å². The molecule has 0 aliphatic carbocycles. The predicted molar refractivity (Wildman–Crippen MR) is 339 cm³/mol. The second kappa shape index (κ2) is 29.7. The first-order valence-corrected chi connectivity index (χ1v) is 30.3. The highest BCUT2D eigenvalue weighted by Crippen LogP contribution is 2.40. The first-order valence-electron chi connectivity index (χ1n) is 30.3. The number of carbonyl (C=O) groups excluding carboxylic acids is 1. The van der Waals surface area contributed by atoms with E-state index in [4.69, 9.17) is 29.9 Å². The standard InChI is InChI=1S/C71H84N6O4/c1-5-8-11-14-17-20-47-79-56-33-25-52(26-34-56)68-61-41-39-59(74-61)67(51-23-31-55(32-24-51)73-71(78)50(4)72)60-40-42-62(75-60)69(53-27-35-57(36-28-53)80-48-21-18-15-12-9-6-2)64-44-46-66(77-64)70(65-45-43-63(68)76-65)54-29-37-58(38-30-54)81-49-22-19-16-13-10-7-3/h23-46,50,74,77H,5-22,47-49,72H2,1-4H3,(H,73,78)/t50-/m1/s1. The average molecular weight is 1090 g/mol. The number of nitrogens with zero attached hydrogens (tertiary/aromatic N) is 2. The van der Waals surface area contributed by atoms with Gasteiger partial charge >= 0.3 is 0 Å². The number of H-pyrrole nitrogens is 2. The monoisotopic (exact) mass is 1080 g/mol. The fraction of sp³-hybridized carbons (Fsp3) is 0.366. The van der Waals surface area contributed by atoms with Gasteiger partial charge in [0.15, 0.2) is 0 Å². The van der Waals surface area contributed by atoms with E-state index in [0.29, 0.717) is 25.5 Å². The van der Waals surface area contributed by atoms with E-state index in [9.17, 15) is 4.79 Å². The Balaban J connectivity index is 1.19. The summed E-state index contributed by atoms with van der Waals surface area (Å²) < 4.78 is 18.9. The molecule has 8 bridgehead atoms. The minimum absolute atomic E-state index is 0.250. The molecular weight excluding hydrogens is 1000 g/mol. The Morgan fingerprint density at radius 1 is 0.407 bits per heavy atom. The van der Waals surface area contributed by atoms with Gasteiger partial charge in [-0.15, -0.1) is 0 Å². The molecule has 2 aliphatic rings. The third-order valence-electron chi connectivity index (χ3n) is 15.3. The minimum atomic E-state index is -0.644. The largest absolute Gasteiger partial charge is 0.494 e. The van der Waals surface area contributed by atoms with Gasteiger partial charge in [0, 0.05) is 50.0 Å². The molecule has 422 valence electrons. The summed E-state index contributed by atoms with van der Waals surface area (Å²) in [6, 6.07) is 41.2. The molecule has 0 radical (unpaired) electrons. The zero-order valence-electron chi connectivity index (χ0n) is 48.4. The molecule has 5 heterocycles. The highest BCUT2D eigenvalue weighted by molar-refractivity contribution is 6.00. The van der Waals surface area contributed by atoms with Crippen LogP contribution in [0.1, 0.15) is 166 Å². The second-order valence-electron chi connectivity index (χ2n) is 21.8. The maximum atomic E-state index is 12.7. The summed E-state index contributed by atoms with van der Waals surface area (Å²) in [4.78, 5) is 31.6. The lowest BCUT2D eigenvalue weighted by atomic mass is 10.0. The third-order valence-corrected chi connectivity index (χ3v) is 15.3. The predicted octanol–water partition coefficient (Wildman–Crippen LogP) is 18.8. The molecule has 81 heavy (non-hydrogen) atoms. The molecule has 4 aromatic carbocycles. The van der Waals surface area contributed by atoms with Crippen molar-refractivity contribution in [2.45, 2.75) is 149 Å². The SMILES string of the molecule is CCCCCCCCOc1ccc(-c2c3nc(c(-c4ccc(OCCCCCCCC)cc4)c4ccc([nH]4)c(-c4ccc(OCCCCCCCC)cc4)c4nc(c(-c5ccc(NC(=O)[C@@H](C)N)cc5)c5ccc2[nH]5)C=C4)C=C3)cc1. The first-order chi connectivity index (χ1) is 39.8. The molecule has 0 fully saturated rings. The molecule has 0 unspecified atom stereocenters. The average Bonchev–Trinajstić information content (AvgIpc) is 4.38. The molecular formula is C71H84N6O4. The van der Waals surface area contributed by atoms with Crippen LogP contribution >= 0.6 is 0 Å². The summed E-state index contributed by atoms with van der Waals surface area (Å²) in [7, 11) is 0. The van der Waals surface area contributed by atoms with Gasteiger partial charge < -0.3 is 35.2 Å².